The van der Waals surface area contributed by atoms with E-state index < -0.39 is 5.91 Å². The van der Waals surface area contributed by atoms with Gasteiger partial charge in [0, 0.05) is 16.6 Å². The number of rotatable bonds is 6. The molecule has 0 fully saturated rings. The average Bonchev–Trinajstić information content (AvgIpc) is 3.05. The molecule has 0 bridgehead atoms. The zero-order chi connectivity index (χ0) is 20.8. The number of carbonyl (C=O) groups is 2. The highest BCUT2D eigenvalue weighted by molar-refractivity contribution is 7.80. The minimum Gasteiger partial charge on any atom is -0.462 e. The van der Waals surface area contributed by atoms with Crippen LogP contribution in [0.4, 0.5) is 5.69 Å². The number of fused-ring (bicyclic) bond motifs is 1. The Kier molecular flexibility index (Phi) is 6.61. The summed E-state index contributed by atoms with van der Waals surface area (Å²) in [5.41, 5.74) is 2.50. The summed E-state index contributed by atoms with van der Waals surface area (Å²) in [6.45, 7) is 4.27. The van der Waals surface area contributed by atoms with E-state index in [2.05, 4.69) is 10.6 Å². The first kappa shape index (κ1) is 20.5. The van der Waals surface area contributed by atoms with Crippen LogP contribution in [0.1, 0.15) is 46.2 Å². The second kappa shape index (κ2) is 9.34. The van der Waals surface area contributed by atoms with Crippen LogP contribution >= 0.6 is 12.2 Å². The van der Waals surface area contributed by atoms with Gasteiger partial charge in [-0.2, -0.15) is 0 Å². The number of unbranched alkanes of at least 4 members (excludes halogenated alkanes) is 1. The minimum absolute atomic E-state index is 0.133. The van der Waals surface area contributed by atoms with E-state index in [0.29, 0.717) is 23.4 Å². The van der Waals surface area contributed by atoms with Gasteiger partial charge in [0.1, 0.15) is 5.58 Å². The third-order valence-corrected chi connectivity index (χ3v) is 4.59. The Morgan fingerprint density at radius 1 is 1.10 bits per heavy atom. The van der Waals surface area contributed by atoms with Gasteiger partial charge in [0.25, 0.3) is 5.91 Å². The fourth-order valence-corrected chi connectivity index (χ4v) is 3.01. The number of amides is 1. The molecule has 0 saturated carbocycles. The molecule has 1 aromatic heterocycles. The van der Waals surface area contributed by atoms with E-state index in [9.17, 15) is 9.59 Å². The fourth-order valence-electron chi connectivity index (χ4n) is 2.80. The van der Waals surface area contributed by atoms with Crippen LogP contribution in [0.5, 0.6) is 0 Å². The van der Waals surface area contributed by atoms with Gasteiger partial charge in [-0.1, -0.05) is 31.5 Å². The van der Waals surface area contributed by atoms with Crippen LogP contribution in [0.15, 0.2) is 52.9 Å². The first-order valence-corrected chi connectivity index (χ1v) is 9.78. The van der Waals surface area contributed by atoms with Crippen molar-refractivity contribution >= 4 is 45.9 Å². The highest BCUT2D eigenvalue weighted by Crippen LogP contribution is 2.24. The van der Waals surface area contributed by atoms with Crippen LogP contribution < -0.4 is 10.6 Å². The summed E-state index contributed by atoms with van der Waals surface area (Å²) in [7, 11) is 0. The number of para-hydroxylation sites is 1. The number of carbonyl (C=O) groups excluding carboxylic acids is 2. The SMILES string of the molecule is CCCCOC(=O)c1ccc(NC(=S)NC(=O)c2oc3ccccc3c2C)cc1. The number of ether oxygens (including phenoxy) is 1. The zero-order valence-electron chi connectivity index (χ0n) is 16.3. The fraction of sp³-hybridized carbons (Fsp3) is 0.227. The van der Waals surface area contributed by atoms with Gasteiger partial charge in [0.2, 0.25) is 0 Å². The van der Waals surface area contributed by atoms with Crippen molar-refractivity contribution in [3.63, 3.8) is 0 Å². The van der Waals surface area contributed by atoms with Gasteiger partial charge in [-0.25, -0.2) is 4.79 Å². The lowest BCUT2D eigenvalue weighted by molar-refractivity contribution is 0.0499. The molecule has 0 aliphatic rings. The molecule has 3 rings (SSSR count). The van der Waals surface area contributed by atoms with Gasteiger partial charge in [-0.05, 0) is 55.9 Å². The molecule has 7 heteroatoms. The zero-order valence-corrected chi connectivity index (χ0v) is 17.1. The summed E-state index contributed by atoms with van der Waals surface area (Å²) >= 11 is 5.22. The molecule has 1 heterocycles. The smallest absolute Gasteiger partial charge is 0.338 e. The molecule has 2 N–H and O–H groups in total. The van der Waals surface area contributed by atoms with Crippen molar-refractivity contribution in [2.75, 3.05) is 11.9 Å². The number of thiocarbonyl (C=S) groups is 1. The lowest BCUT2D eigenvalue weighted by Crippen LogP contribution is -2.34. The minimum atomic E-state index is -0.424. The molecule has 0 aliphatic heterocycles. The molecule has 2 aromatic carbocycles. The van der Waals surface area contributed by atoms with Crippen molar-refractivity contribution in [3.8, 4) is 0 Å². The first-order valence-electron chi connectivity index (χ1n) is 9.37. The molecule has 0 unspecified atom stereocenters. The topological polar surface area (TPSA) is 80.6 Å². The highest BCUT2D eigenvalue weighted by atomic mass is 32.1. The molecule has 0 saturated heterocycles. The molecule has 150 valence electrons. The van der Waals surface area contributed by atoms with E-state index in [4.69, 9.17) is 21.4 Å². The van der Waals surface area contributed by atoms with E-state index in [1.807, 2.05) is 38.1 Å². The number of aryl methyl sites for hydroxylation is 1. The summed E-state index contributed by atoms with van der Waals surface area (Å²) in [4.78, 5) is 24.4. The molecular formula is C22H22N2O4S. The van der Waals surface area contributed by atoms with E-state index in [-0.39, 0.29) is 16.8 Å². The largest absolute Gasteiger partial charge is 0.462 e. The maximum Gasteiger partial charge on any atom is 0.338 e. The van der Waals surface area contributed by atoms with E-state index in [0.717, 1.165) is 23.8 Å². The molecular weight excluding hydrogens is 388 g/mol. The monoisotopic (exact) mass is 410 g/mol. The summed E-state index contributed by atoms with van der Waals surface area (Å²) in [5.74, 6) is -0.561. The normalized spacial score (nSPS) is 10.6. The van der Waals surface area contributed by atoms with Crippen LogP contribution in [0.2, 0.25) is 0 Å². The lowest BCUT2D eigenvalue weighted by atomic mass is 10.1. The van der Waals surface area contributed by atoms with Crippen LogP contribution in [0.3, 0.4) is 0 Å². The Labute approximate surface area is 174 Å². The average molecular weight is 410 g/mol. The quantitative estimate of drug-likeness (QED) is 0.344. The predicted octanol–water partition coefficient (Wildman–Crippen LogP) is 4.82. The van der Waals surface area contributed by atoms with E-state index in [1.165, 1.54) is 0 Å². The molecule has 29 heavy (non-hydrogen) atoms. The number of nitrogens with one attached hydrogen (secondary N) is 2. The number of esters is 1. The number of furan rings is 1. The second-order valence-corrected chi connectivity index (χ2v) is 6.94. The van der Waals surface area contributed by atoms with Crippen molar-refractivity contribution in [2.45, 2.75) is 26.7 Å². The summed E-state index contributed by atoms with van der Waals surface area (Å²) in [6, 6.07) is 14.1. The van der Waals surface area contributed by atoms with Crippen molar-refractivity contribution < 1.29 is 18.7 Å². The van der Waals surface area contributed by atoms with Crippen molar-refractivity contribution in [2.24, 2.45) is 0 Å². The summed E-state index contributed by atoms with van der Waals surface area (Å²) < 4.78 is 10.8. The molecule has 0 spiro atoms. The highest BCUT2D eigenvalue weighted by Gasteiger charge is 2.18. The van der Waals surface area contributed by atoms with Crippen molar-refractivity contribution in [1.29, 1.82) is 0 Å². The number of hydrogen-bond acceptors (Lipinski definition) is 5. The predicted molar refractivity (Wildman–Crippen MR) is 116 cm³/mol. The number of benzene rings is 2. The third-order valence-electron chi connectivity index (χ3n) is 4.39. The maximum absolute atomic E-state index is 12.5. The summed E-state index contributed by atoms with van der Waals surface area (Å²) in [6.07, 6.45) is 1.80. The van der Waals surface area contributed by atoms with Crippen LogP contribution in [0.25, 0.3) is 11.0 Å². The van der Waals surface area contributed by atoms with Gasteiger partial charge < -0.3 is 14.5 Å². The van der Waals surface area contributed by atoms with Gasteiger partial charge in [-0.3, -0.25) is 10.1 Å². The Morgan fingerprint density at radius 2 is 1.83 bits per heavy atom. The first-order chi connectivity index (χ1) is 14.0. The number of anilines is 1. The third kappa shape index (κ3) is 5.00. The van der Waals surface area contributed by atoms with Gasteiger partial charge in [0.15, 0.2) is 10.9 Å². The Bertz CT molecular complexity index is 1040. The van der Waals surface area contributed by atoms with E-state index in [1.54, 1.807) is 24.3 Å². The standard InChI is InChI=1S/C22H22N2O4S/c1-3-4-13-27-21(26)15-9-11-16(12-10-15)23-22(29)24-20(25)19-14(2)17-7-5-6-8-18(17)28-19/h5-12H,3-4,13H2,1-2H3,(H2,23,24,25,29). The molecule has 0 atom stereocenters. The van der Waals surface area contributed by atoms with E-state index >= 15 is 0 Å². The Morgan fingerprint density at radius 3 is 2.52 bits per heavy atom. The van der Waals surface area contributed by atoms with Crippen molar-refractivity contribution in [1.82, 2.24) is 5.32 Å². The maximum atomic E-state index is 12.5. The Hall–Kier alpha value is -3.19. The molecule has 1 amide bonds. The van der Waals surface area contributed by atoms with Crippen LogP contribution in [0, 0.1) is 6.92 Å². The van der Waals surface area contributed by atoms with Gasteiger partial charge in [0.05, 0.1) is 12.2 Å². The van der Waals surface area contributed by atoms with Crippen LogP contribution in [-0.4, -0.2) is 23.6 Å². The second-order valence-electron chi connectivity index (χ2n) is 6.53. The lowest BCUT2D eigenvalue weighted by Gasteiger charge is -2.10. The van der Waals surface area contributed by atoms with Crippen LogP contribution in [-0.2, 0) is 4.74 Å². The van der Waals surface area contributed by atoms with Gasteiger partial charge in [-0.15, -0.1) is 0 Å². The van der Waals surface area contributed by atoms with Crippen molar-refractivity contribution in [3.05, 3.63) is 65.4 Å². The summed E-state index contributed by atoms with van der Waals surface area (Å²) in [5, 5.41) is 6.55. The molecule has 0 radical (unpaired) electrons. The molecule has 6 nitrogen and oxygen atoms in total. The molecule has 3 aromatic rings. The van der Waals surface area contributed by atoms with Gasteiger partial charge >= 0.3 is 5.97 Å². The number of hydrogen-bond donors (Lipinski definition) is 2. The Balaban J connectivity index is 1.59. The molecule has 0 aliphatic carbocycles.